The fraction of sp³-hybridized carbons (Fsp3) is 0.353. The van der Waals surface area contributed by atoms with Crippen molar-refractivity contribution in [3.63, 3.8) is 0 Å². The predicted octanol–water partition coefficient (Wildman–Crippen LogP) is 3.50. The first-order valence-corrected chi connectivity index (χ1v) is 7.50. The molecule has 22 heavy (non-hydrogen) atoms. The van der Waals surface area contributed by atoms with Crippen LogP contribution in [0.3, 0.4) is 0 Å². The van der Waals surface area contributed by atoms with Gasteiger partial charge in [0.2, 0.25) is 0 Å². The van der Waals surface area contributed by atoms with Crippen molar-refractivity contribution in [2.45, 2.75) is 27.2 Å². The lowest BCUT2D eigenvalue weighted by atomic mass is 10.1. The highest BCUT2D eigenvalue weighted by molar-refractivity contribution is 6.03. The van der Waals surface area contributed by atoms with Gasteiger partial charge in [-0.05, 0) is 43.5 Å². The van der Waals surface area contributed by atoms with Crippen molar-refractivity contribution in [1.29, 1.82) is 0 Å². The Hall–Kier alpha value is -2.43. The molecule has 0 atom stereocenters. The van der Waals surface area contributed by atoms with Gasteiger partial charge in [-0.15, -0.1) is 10.2 Å². The number of carbonyl (C=O) groups excluding carboxylic acids is 1. The summed E-state index contributed by atoms with van der Waals surface area (Å²) >= 11 is 0. The number of carbonyl (C=O) groups is 1. The van der Waals surface area contributed by atoms with Gasteiger partial charge in [-0.1, -0.05) is 31.5 Å². The second-order valence-corrected chi connectivity index (χ2v) is 5.73. The van der Waals surface area contributed by atoms with Gasteiger partial charge in [0.25, 0.3) is 5.91 Å². The lowest BCUT2D eigenvalue weighted by Gasteiger charge is -2.08. The Morgan fingerprint density at radius 2 is 1.68 bits per heavy atom. The number of benzene rings is 1. The molecule has 0 aliphatic heterocycles. The summed E-state index contributed by atoms with van der Waals surface area (Å²) in [6.45, 7) is 7.20. The van der Waals surface area contributed by atoms with Gasteiger partial charge in [0.15, 0.2) is 5.82 Å². The van der Waals surface area contributed by atoms with E-state index < -0.39 is 0 Å². The molecule has 1 amide bonds. The Balaban J connectivity index is 1.90. The van der Waals surface area contributed by atoms with Crippen molar-refractivity contribution in [2.75, 3.05) is 17.2 Å². The third-order valence-electron chi connectivity index (χ3n) is 3.25. The molecule has 2 N–H and O–H groups in total. The number of nitrogens with zero attached hydrogens (tertiary/aromatic N) is 2. The zero-order chi connectivity index (χ0) is 15.9. The number of aromatic nitrogens is 2. The first kappa shape index (κ1) is 15.9. The van der Waals surface area contributed by atoms with Crippen molar-refractivity contribution < 1.29 is 4.79 Å². The van der Waals surface area contributed by atoms with Crippen LogP contribution in [0.1, 0.15) is 36.2 Å². The normalized spacial score (nSPS) is 10.5. The molecular formula is C17H22N4O. The average Bonchev–Trinajstić information content (AvgIpc) is 2.49. The maximum absolute atomic E-state index is 12.1. The van der Waals surface area contributed by atoms with Crippen LogP contribution in [0.5, 0.6) is 0 Å². The van der Waals surface area contributed by atoms with Crippen molar-refractivity contribution in [2.24, 2.45) is 5.92 Å². The first-order valence-electron chi connectivity index (χ1n) is 7.50. The van der Waals surface area contributed by atoms with Gasteiger partial charge in [-0.3, -0.25) is 4.79 Å². The first-order chi connectivity index (χ1) is 10.5. The average molecular weight is 298 g/mol. The molecule has 5 nitrogen and oxygen atoms in total. The lowest BCUT2D eigenvalue weighted by molar-refractivity contribution is 0.102. The Kier molecular flexibility index (Phi) is 5.47. The number of aryl methyl sites for hydroxylation is 1. The topological polar surface area (TPSA) is 66.9 Å². The summed E-state index contributed by atoms with van der Waals surface area (Å²) in [5, 5.41) is 14.0. The molecule has 0 radical (unpaired) electrons. The molecule has 0 aliphatic carbocycles. The summed E-state index contributed by atoms with van der Waals surface area (Å²) in [4.78, 5) is 12.1. The molecule has 2 rings (SSSR count). The minimum absolute atomic E-state index is 0.185. The maximum Gasteiger partial charge on any atom is 0.256 e. The molecule has 0 fully saturated rings. The van der Waals surface area contributed by atoms with E-state index in [2.05, 4.69) is 34.7 Å². The molecule has 5 heteroatoms. The van der Waals surface area contributed by atoms with Crippen LogP contribution in [0.4, 0.5) is 11.6 Å². The van der Waals surface area contributed by atoms with Crippen LogP contribution in [-0.4, -0.2) is 22.6 Å². The summed E-state index contributed by atoms with van der Waals surface area (Å²) in [7, 11) is 0. The van der Waals surface area contributed by atoms with Crippen molar-refractivity contribution in [1.82, 2.24) is 10.2 Å². The Labute approximate surface area is 131 Å². The van der Waals surface area contributed by atoms with E-state index in [0.29, 0.717) is 23.1 Å². The summed E-state index contributed by atoms with van der Waals surface area (Å²) in [6, 6.07) is 11.0. The molecule has 1 heterocycles. The number of anilines is 2. The van der Waals surface area contributed by atoms with E-state index in [0.717, 1.165) is 18.5 Å². The predicted molar refractivity (Wildman–Crippen MR) is 89.1 cm³/mol. The number of hydrogen-bond donors (Lipinski definition) is 2. The van der Waals surface area contributed by atoms with E-state index in [4.69, 9.17) is 0 Å². The molecule has 1 aromatic heterocycles. The quantitative estimate of drug-likeness (QED) is 0.856. The number of hydrogen-bond acceptors (Lipinski definition) is 4. The number of rotatable bonds is 6. The standard InChI is InChI=1S/C17H22N4O/c1-12(2)10-11-18-15-8-9-16(21-20-15)19-17(22)14-6-4-13(3)5-7-14/h4-9,12H,10-11H2,1-3H3,(H,18,20)(H,19,21,22). The molecule has 1 aromatic carbocycles. The van der Waals surface area contributed by atoms with Gasteiger partial charge in [-0.25, -0.2) is 0 Å². The smallest absolute Gasteiger partial charge is 0.256 e. The highest BCUT2D eigenvalue weighted by Gasteiger charge is 2.07. The van der Waals surface area contributed by atoms with Gasteiger partial charge in [-0.2, -0.15) is 0 Å². The molecule has 116 valence electrons. The van der Waals surface area contributed by atoms with Gasteiger partial charge < -0.3 is 10.6 Å². The minimum Gasteiger partial charge on any atom is -0.369 e. The number of amides is 1. The van der Waals surface area contributed by atoms with E-state index in [1.165, 1.54) is 0 Å². The van der Waals surface area contributed by atoms with Gasteiger partial charge in [0.1, 0.15) is 5.82 Å². The minimum atomic E-state index is -0.185. The summed E-state index contributed by atoms with van der Waals surface area (Å²) in [5.41, 5.74) is 1.72. The Morgan fingerprint density at radius 1 is 1.05 bits per heavy atom. The van der Waals surface area contributed by atoms with E-state index in [-0.39, 0.29) is 5.91 Å². The van der Waals surface area contributed by atoms with Crippen LogP contribution in [0.15, 0.2) is 36.4 Å². The van der Waals surface area contributed by atoms with Gasteiger partial charge in [0, 0.05) is 12.1 Å². The molecule has 0 spiro atoms. The lowest BCUT2D eigenvalue weighted by Crippen LogP contribution is -2.14. The molecule has 0 saturated carbocycles. The molecule has 0 aliphatic rings. The summed E-state index contributed by atoms with van der Waals surface area (Å²) in [5.74, 6) is 1.62. The van der Waals surface area contributed by atoms with Gasteiger partial charge >= 0.3 is 0 Å². The van der Waals surface area contributed by atoms with Crippen LogP contribution in [0.25, 0.3) is 0 Å². The molecule has 0 unspecified atom stereocenters. The van der Waals surface area contributed by atoms with Crippen molar-refractivity contribution in [3.05, 3.63) is 47.5 Å². The summed E-state index contributed by atoms with van der Waals surface area (Å²) in [6.07, 6.45) is 1.08. The molecule has 0 bridgehead atoms. The number of nitrogens with one attached hydrogen (secondary N) is 2. The van der Waals surface area contributed by atoms with Crippen LogP contribution in [-0.2, 0) is 0 Å². The van der Waals surface area contributed by atoms with E-state index >= 15 is 0 Å². The van der Waals surface area contributed by atoms with Crippen LogP contribution in [0.2, 0.25) is 0 Å². The zero-order valence-electron chi connectivity index (χ0n) is 13.3. The fourth-order valence-electron chi connectivity index (χ4n) is 1.88. The SMILES string of the molecule is Cc1ccc(C(=O)Nc2ccc(NCCC(C)C)nn2)cc1. The van der Waals surface area contributed by atoms with Crippen LogP contribution in [0, 0.1) is 12.8 Å². The van der Waals surface area contributed by atoms with Crippen molar-refractivity contribution >= 4 is 17.5 Å². The highest BCUT2D eigenvalue weighted by Crippen LogP contribution is 2.10. The fourth-order valence-corrected chi connectivity index (χ4v) is 1.88. The van der Waals surface area contributed by atoms with E-state index in [1.807, 2.05) is 25.1 Å². The van der Waals surface area contributed by atoms with E-state index in [9.17, 15) is 4.79 Å². The molecule has 0 saturated heterocycles. The third-order valence-corrected chi connectivity index (χ3v) is 3.25. The van der Waals surface area contributed by atoms with E-state index in [1.54, 1.807) is 18.2 Å². The Morgan fingerprint density at radius 3 is 2.27 bits per heavy atom. The third kappa shape index (κ3) is 4.84. The van der Waals surface area contributed by atoms with Crippen LogP contribution < -0.4 is 10.6 Å². The monoisotopic (exact) mass is 298 g/mol. The molecular weight excluding hydrogens is 276 g/mol. The maximum atomic E-state index is 12.1. The Bertz CT molecular complexity index is 606. The second-order valence-electron chi connectivity index (χ2n) is 5.73. The zero-order valence-corrected chi connectivity index (χ0v) is 13.3. The largest absolute Gasteiger partial charge is 0.369 e. The molecule has 2 aromatic rings. The van der Waals surface area contributed by atoms with Crippen molar-refractivity contribution in [3.8, 4) is 0 Å². The van der Waals surface area contributed by atoms with Gasteiger partial charge in [0.05, 0.1) is 0 Å². The van der Waals surface area contributed by atoms with Crippen LogP contribution >= 0.6 is 0 Å². The summed E-state index contributed by atoms with van der Waals surface area (Å²) < 4.78 is 0. The highest BCUT2D eigenvalue weighted by atomic mass is 16.1. The second kappa shape index (κ2) is 7.54.